The Morgan fingerprint density at radius 2 is 0.801 bits per heavy atom. The maximum Gasteiger partial charge on any atom is 0.494 e. The molecule has 43 heteroatoms. The molecule has 1 aliphatic carbocycles. The van der Waals surface area contributed by atoms with Crippen molar-refractivity contribution in [3.8, 4) is 22.3 Å². The van der Waals surface area contributed by atoms with E-state index in [2.05, 4.69) is 120 Å². The third-order valence-corrected chi connectivity index (χ3v) is 35.9. The third kappa shape index (κ3) is 30.4. The molecule has 2 fully saturated rings. The maximum absolute atomic E-state index is 13.5. The molecule has 2 aliphatic rings. The summed E-state index contributed by atoms with van der Waals surface area (Å²) in [5, 5.41) is 6.84. The summed E-state index contributed by atoms with van der Waals surface area (Å²) in [5.74, 6) is 0.444. The van der Waals surface area contributed by atoms with Crippen LogP contribution in [-0.4, -0.2) is 147 Å². The van der Waals surface area contributed by atoms with Gasteiger partial charge in [-0.2, -0.15) is 8.78 Å². The van der Waals surface area contributed by atoms with Gasteiger partial charge in [0.1, 0.15) is 10.7 Å². The quantitative estimate of drug-likeness (QED) is 0.0276. The van der Waals surface area contributed by atoms with Crippen LogP contribution in [0.15, 0.2) is 229 Å². The van der Waals surface area contributed by atoms with E-state index in [0.717, 1.165) is 123 Å². The van der Waals surface area contributed by atoms with Gasteiger partial charge in [-0.25, -0.2) is 68.6 Å². The van der Waals surface area contributed by atoms with E-state index in [0.29, 0.717) is 64.1 Å². The summed E-state index contributed by atoms with van der Waals surface area (Å²) in [7, 11) is -1.91. The van der Waals surface area contributed by atoms with Gasteiger partial charge in [0.15, 0.2) is 29.5 Å². The van der Waals surface area contributed by atoms with Gasteiger partial charge in [0, 0.05) is 114 Å². The summed E-state index contributed by atoms with van der Waals surface area (Å²) >= 11 is 53.9. The second-order valence-electron chi connectivity index (χ2n) is 35.5. The lowest BCUT2D eigenvalue weighted by Crippen LogP contribution is -2.41. The van der Waals surface area contributed by atoms with Crippen molar-refractivity contribution in [1.82, 2.24) is 54.7 Å². The molecule has 0 radical (unpaired) electrons. The molecular weight excluding hydrogens is 2260 g/mol. The lowest BCUT2D eigenvalue weighted by molar-refractivity contribution is 0.00578. The largest absolute Gasteiger partial charge is 0.494 e. The van der Waals surface area contributed by atoms with Crippen molar-refractivity contribution >= 4 is 242 Å². The van der Waals surface area contributed by atoms with E-state index in [1.54, 1.807) is 67.6 Å². The number of sulfone groups is 3. The van der Waals surface area contributed by atoms with Gasteiger partial charge < -0.3 is 35.9 Å². The molecule has 8 heterocycles. The number of rotatable bonds is 20. The Bertz CT molecular complexity index is 7810. The van der Waals surface area contributed by atoms with Gasteiger partial charge >= 0.3 is 19.3 Å². The molecule has 8 aromatic carbocycles. The van der Waals surface area contributed by atoms with Crippen LogP contribution in [0.25, 0.3) is 55.0 Å². The van der Waals surface area contributed by atoms with Crippen LogP contribution in [0, 0.1) is 39.9 Å². The van der Waals surface area contributed by atoms with Crippen molar-refractivity contribution in [1.29, 1.82) is 0 Å². The SMILES string of the molecule is CCc1cc(-c2ccc(CS(=O)(=O)c3cccc(Cl)c3Cl)nc2C)cc2cnc(F)nc12.CCc1cc(-c2ccc(CS(=O)(=O)c3cccc(Cl)c3Cl)nc2C)cc2cnc(NC3CCC(N(C)C)CC3)nc12.CCc1cc(B2OC(C)(C)C(C)(C)O2)cc2cnc(F)nc12.CN(C)c1ccc(N)cc1.Cc1nc(CS(=O)(=O)c2cccc(Cl)c2Cl)ccc1Br.Cc1nc(N)ccc1Br.O=S(=O)(Cl)c1cccc(Cl)c1Cl. The number of nitrogens with one attached hydrogen (secondary N) is 1. The molecule has 0 atom stereocenters. The normalized spacial score (nSPS) is 14.3. The van der Waals surface area contributed by atoms with Crippen molar-refractivity contribution in [2.45, 2.75) is 181 Å². The van der Waals surface area contributed by atoms with E-state index in [-0.39, 0.29) is 77.0 Å². The van der Waals surface area contributed by atoms with Crippen LogP contribution < -0.4 is 27.1 Å². The molecule has 146 heavy (non-hydrogen) atoms. The Morgan fingerprint density at radius 3 is 1.17 bits per heavy atom. The van der Waals surface area contributed by atoms with Crippen molar-refractivity contribution in [2.75, 3.05) is 49.9 Å². The number of aromatic nitrogens is 10. The van der Waals surface area contributed by atoms with E-state index >= 15 is 0 Å². The molecule has 7 aromatic heterocycles. The van der Waals surface area contributed by atoms with Gasteiger partial charge in [-0.15, -0.1) is 0 Å². The predicted molar refractivity (Wildman–Crippen MR) is 596 cm³/mol. The Hall–Kier alpha value is -9.25. The van der Waals surface area contributed by atoms with Gasteiger partial charge in [-0.05, 0) is 313 Å². The highest BCUT2D eigenvalue weighted by Crippen LogP contribution is 2.41. The van der Waals surface area contributed by atoms with Crippen LogP contribution in [0.5, 0.6) is 0 Å². The molecule has 1 aliphatic heterocycles. The summed E-state index contributed by atoms with van der Waals surface area (Å²) in [6.07, 6.45) is 10.2. The number of nitrogens with two attached hydrogens (primary N) is 2. The fraction of sp³-hybridized carbons (Fsp3) is 0.282. The lowest BCUT2D eigenvalue weighted by Gasteiger charge is -2.33. The number of anilines is 4. The van der Waals surface area contributed by atoms with Crippen LogP contribution in [0.3, 0.4) is 0 Å². The van der Waals surface area contributed by atoms with Crippen LogP contribution in [0.1, 0.15) is 131 Å². The molecule has 0 amide bonds. The van der Waals surface area contributed by atoms with E-state index in [9.17, 15) is 42.5 Å². The second-order valence-corrected chi connectivity index (χ2v) is 48.7. The first kappa shape index (κ1) is 117. The number of nitrogens with zero attached hydrogens (tertiary/aromatic N) is 12. The number of benzene rings is 8. The van der Waals surface area contributed by atoms with Gasteiger partial charge in [-0.1, -0.05) is 162 Å². The van der Waals surface area contributed by atoms with Crippen LogP contribution in [0.2, 0.25) is 40.2 Å². The summed E-state index contributed by atoms with van der Waals surface area (Å²) in [6.45, 7) is 21.6. The monoisotopic (exact) mass is 2360 g/mol. The van der Waals surface area contributed by atoms with Crippen LogP contribution in [-0.2, 0) is 84.4 Å². The average molecular weight is 2370 g/mol. The molecular formula is C103H105BBr2Cl9F2N15O10S4. The van der Waals surface area contributed by atoms with Gasteiger partial charge in [0.25, 0.3) is 9.05 Å². The first-order valence-electron chi connectivity index (χ1n) is 45.5. The van der Waals surface area contributed by atoms with E-state index in [1.165, 1.54) is 73.4 Å². The Labute approximate surface area is 912 Å². The molecule has 1 saturated carbocycles. The smallest absolute Gasteiger partial charge is 0.399 e. The van der Waals surface area contributed by atoms with Gasteiger partial charge in [0.2, 0.25) is 5.95 Å². The van der Waals surface area contributed by atoms with Crippen molar-refractivity contribution < 1.29 is 51.8 Å². The first-order chi connectivity index (χ1) is 68.6. The van der Waals surface area contributed by atoms with Crippen LogP contribution >= 0.6 is 135 Å². The zero-order chi connectivity index (χ0) is 107. The fourth-order valence-corrected chi connectivity index (χ4v) is 24.0. The standard InChI is InChI=1S/C31H35Cl2N5O2S.C23H18Cl2FN3O2S.C16H20BFN2O2.C13H10BrCl2NO2S.C8H12N2.C6H7BrN2.C6H3Cl3O2S/c1-5-20-15-21(16-22-17-34-31(37-30(20)22)36-23-9-12-25(13-10-23)38(3)4)26-14-11-24(35-19(26)2)18-41(39,40)28-8-6-7-27(32)29(28)33;1-3-14-9-15(10-16-11-27-23(26)29-22(14)16)18-8-7-17(28-13(18)2)12-32(30,31)20-6-4-5-19(24)21(20)25;1-6-10-7-12(8-11-9-19-14(18)20-13(10)11)17-21-15(2,3)16(4,5)22-17;1-8-10(14)6-5-9(17-8)7-20(18,19)12-4-2-3-11(15)13(12)16;1-10(2)8-5-3-7(9)4-6-8;1-4-5(7)2-3-6(8)9-4;7-4-2-1-3-5(6(4)8)12(9,10)11/h6-8,11,14-17,23,25H,5,9-10,12-13,18H2,1-4H3,(H,34,36,37);4-11H,3,12H2,1-2H3;7-9H,6H2,1-5H3;2-6H,7H2,1H3;3-6H,9H2,1-2H3;2-3H,1H3,(H2,8,9);1-3H. The molecule has 770 valence electrons. The molecule has 0 spiro atoms. The zero-order valence-corrected chi connectivity index (χ0v) is 95.2. The van der Waals surface area contributed by atoms with E-state index in [4.69, 9.17) is 129 Å². The highest BCUT2D eigenvalue weighted by Gasteiger charge is 2.52. The minimum atomic E-state index is -3.80. The predicted octanol–water partition coefficient (Wildman–Crippen LogP) is 26.2. The number of nitrogen functional groups attached to an aromatic ring is 2. The summed E-state index contributed by atoms with van der Waals surface area (Å²) < 4.78 is 139. The van der Waals surface area contributed by atoms with Crippen molar-refractivity contribution in [3.63, 3.8) is 0 Å². The molecule has 17 rings (SSSR count). The minimum absolute atomic E-state index is 0.00410. The highest BCUT2D eigenvalue weighted by molar-refractivity contribution is 9.10. The number of hydrogen-bond donors (Lipinski definition) is 3. The fourth-order valence-electron chi connectivity index (χ4n) is 15.5. The Balaban J connectivity index is 0.000000172. The van der Waals surface area contributed by atoms with Crippen molar-refractivity contribution in [2.24, 2.45) is 0 Å². The summed E-state index contributed by atoms with van der Waals surface area (Å²) in [5.41, 5.74) is 26.2. The Kier molecular flexibility index (Phi) is 40.5. The number of aryl methyl sites for hydroxylation is 7. The minimum Gasteiger partial charge on any atom is -0.399 e. The Morgan fingerprint density at radius 1 is 0.438 bits per heavy atom. The van der Waals surface area contributed by atoms with E-state index in [1.807, 2.05) is 154 Å². The number of halogens is 13. The van der Waals surface area contributed by atoms with Crippen molar-refractivity contribution in [3.05, 3.63) is 318 Å². The number of hydrogen-bond acceptors (Lipinski definition) is 25. The molecule has 15 aromatic rings. The van der Waals surface area contributed by atoms with Crippen LogP contribution in [0.4, 0.5) is 31.9 Å². The molecule has 0 bridgehead atoms. The summed E-state index contributed by atoms with van der Waals surface area (Å²) in [6, 6.07) is 52.9. The summed E-state index contributed by atoms with van der Waals surface area (Å²) in [4.78, 5) is 46.3. The first-order valence-corrected chi connectivity index (χ1v) is 57.3. The number of fused-ring (bicyclic) bond motifs is 3. The molecule has 0 unspecified atom stereocenters. The van der Waals surface area contributed by atoms with Gasteiger partial charge in [-0.3, -0.25) is 15.0 Å². The van der Waals surface area contributed by atoms with Gasteiger partial charge in [0.05, 0.1) is 128 Å². The maximum atomic E-state index is 13.5. The number of pyridine rings is 4. The molecule has 1 saturated heterocycles. The second kappa shape index (κ2) is 50.6. The van der Waals surface area contributed by atoms with E-state index < -0.39 is 69.0 Å². The average Bonchev–Trinajstić information content (AvgIpc) is 1.55. The highest BCUT2D eigenvalue weighted by atomic mass is 79.9. The molecule has 25 nitrogen and oxygen atoms in total. The lowest BCUT2D eigenvalue weighted by atomic mass is 9.77. The third-order valence-electron chi connectivity index (χ3n) is 24.1. The molecule has 5 N–H and O–H groups in total. The zero-order valence-electron chi connectivity index (χ0n) is 82.0. The topological polar surface area (TPSA) is 354 Å².